The molecule has 13 heteroatoms. The summed E-state index contributed by atoms with van der Waals surface area (Å²) in [5.74, 6) is -4.80. The van der Waals surface area contributed by atoms with Crippen molar-refractivity contribution in [2.45, 2.75) is 37.4 Å². The summed E-state index contributed by atoms with van der Waals surface area (Å²) in [5, 5.41) is 25.6. The van der Waals surface area contributed by atoms with Gasteiger partial charge in [-0.1, -0.05) is 18.2 Å². The van der Waals surface area contributed by atoms with E-state index in [4.69, 9.17) is 15.9 Å². The number of carboxylic acid groups (broad SMARTS) is 2. The van der Waals surface area contributed by atoms with Gasteiger partial charge in [0.15, 0.2) is 0 Å². The summed E-state index contributed by atoms with van der Waals surface area (Å²) in [6, 6.07) is 4.10. The average molecular weight is 494 g/mol. The second-order valence-electron chi connectivity index (χ2n) is 7.52. The average Bonchev–Trinajstić information content (AvgIpc) is 3.20. The van der Waals surface area contributed by atoms with Gasteiger partial charge in [0, 0.05) is 29.3 Å². The maximum Gasteiger partial charge on any atom is 0.326 e. The maximum absolute atomic E-state index is 12.5. The fourth-order valence-electron chi connectivity index (χ4n) is 3.16. The Labute approximate surface area is 200 Å². The van der Waals surface area contributed by atoms with E-state index in [1.54, 1.807) is 6.20 Å². The molecule has 0 aliphatic rings. The molecular formula is C21H27N5O7S. The number of benzene rings is 1. The zero-order valence-electron chi connectivity index (χ0n) is 18.1. The number of thiol groups is 1. The van der Waals surface area contributed by atoms with Crippen LogP contribution in [0, 0.1) is 0 Å². The molecule has 8 N–H and O–H groups in total. The highest BCUT2D eigenvalue weighted by Crippen LogP contribution is 2.18. The summed E-state index contributed by atoms with van der Waals surface area (Å²) < 4.78 is 0. The van der Waals surface area contributed by atoms with Gasteiger partial charge in [0.05, 0.1) is 12.6 Å². The van der Waals surface area contributed by atoms with Crippen molar-refractivity contribution in [1.29, 1.82) is 0 Å². The molecule has 2 rings (SSSR count). The lowest BCUT2D eigenvalue weighted by molar-refractivity contribution is -0.143. The molecule has 0 saturated carbocycles. The van der Waals surface area contributed by atoms with Crippen LogP contribution in [-0.4, -0.2) is 75.3 Å². The van der Waals surface area contributed by atoms with Gasteiger partial charge in [-0.3, -0.25) is 19.2 Å². The van der Waals surface area contributed by atoms with Crippen molar-refractivity contribution in [2.75, 3.05) is 12.3 Å². The van der Waals surface area contributed by atoms with Crippen LogP contribution < -0.4 is 21.7 Å². The van der Waals surface area contributed by atoms with E-state index >= 15 is 0 Å². The first-order valence-electron chi connectivity index (χ1n) is 10.4. The molecule has 2 aromatic rings. The molecule has 12 nitrogen and oxygen atoms in total. The Kier molecular flexibility index (Phi) is 9.89. The van der Waals surface area contributed by atoms with E-state index in [2.05, 4.69) is 33.6 Å². The van der Waals surface area contributed by atoms with Crippen LogP contribution in [0.25, 0.3) is 10.9 Å². The monoisotopic (exact) mass is 493 g/mol. The van der Waals surface area contributed by atoms with Crippen LogP contribution in [-0.2, 0) is 30.4 Å². The lowest BCUT2D eigenvalue weighted by Gasteiger charge is -2.19. The minimum atomic E-state index is -1.41. The standard InChI is InChI=1S/C21H27N5O7S/c22-13(7-11-8-23-14-4-2-1-3-12(11)14)19(30)26-16(10-34)20(31)24-9-17(27)25-15(21(32)33)5-6-18(28)29/h1-4,8,13,15-16,23,34H,5-7,9-10,22H2,(H,24,31)(H,25,27)(H,26,30)(H,28,29)(H,32,33). The predicted molar refractivity (Wildman–Crippen MR) is 125 cm³/mol. The molecule has 3 unspecified atom stereocenters. The number of fused-ring (bicyclic) bond motifs is 1. The van der Waals surface area contributed by atoms with Gasteiger partial charge in [0.2, 0.25) is 17.7 Å². The molecule has 184 valence electrons. The predicted octanol–water partition coefficient (Wildman–Crippen LogP) is -0.997. The molecule has 0 bridgehead atoms. The van der Waals surface area contributed by atoms with Gasteiger partial charge < -0.3 is 36.9 Å². The summed E-state index contributed by atoms with van der Waals surface area (Å²) >= 11 is 4.05. The summed E-state index contributed by atoms with van der Waals surface area (Å²) in [6.45, 7) is -0.572. The van der Waals surface area contributed by atoms with Crippen molar-refractivity contribution >= 4 is 53.2 Å². The number of hydrogen-bond acceptors (Lipinski definition) is 7. The van der Waals surface area contributed by atoms with Crippen molar-refractivity contribution < 1.29 is 34.2 Å². The third kappa shape index (κ3) is 7.78. The Morgan fingerprint density at radius 2 is 1.74 bits per heavy atom. The number of nitrogens with one attached hydrogen (secondary N) is 4. The van der Waals surface area contributed by atoms with Crippen LogP contribution in [0.5, 0.6) is 0 Å². The van der Waals surface area contributed by atoms with Crippen molar-refractivity contribution in [3.8, 4) is 0 Å². The molecule has 0 radical (unpaired) electrons. The molecule has 0 aliphatic heterocycles. The lowest BCUT2D eigenvalue weighted by Crippen LogP contribution is -2.54. The Balaban J connectivity index is 1.85. The van der Waals surface area contributed by atoms with Crippen LogP contribution in [0.2, 0.25) is 0 Å². The Bertz CT molecular complexity index is 1060. The van der Waals surface area contributed by atoms with Crippen LogP contribution in [0.4, 0.5) is 0 Å². The highest BCUT2D eigenvalue weighted by molar-refractivity contribution is 7.80. The number of carbonyl (C=O) groups excluding carboxylic acids is 3. The second-order valence-corrected chi connectivity index (χ2v) is 7.89. The Morgan fingerprint density at radius 3 is 2.38 bits per heavy atom. The highest BCUT2D eigenvalue weighted by atomic mass is 32.1. The number of aromatic nitrogens is 1. The molecule has 1 aromatic carbocycles. The van der Waals surface area contributed by atoms with Crippen molar-refractivity contribution in [2.24, 2.45) is 5.73 Å². The quantitative estimate of drug-likeness (QED) is 0.162. The molecule has 0 fully saturated rings. The fourth-order valence-corrected chi connectivity index (χ4v) is 3.42. The molecular weight excluding hydrogens is 466 g/mol. The number of aliphatic carboxylic acids is 2. The number of amides is 3. The van der Waals surface area contributed by atoms with E-state index in [1.165, 1.54) is 0 Å². The highest BCUT2D eigenvalue weighted by Gasteiger charge is 2.25. The number of rotatable bonds is 13. The lowest BCUT2D eigenvalue weighted by atomic mass is 10.0. The minimum absolute atomic E-state index is 0.0740. The number of H-pyrrole nitrogens is 1. The number of hydrogen-bond donors (Lipinski definition) is 8. The summed E-state index contributed by atoms with van der Waals surface area (Å²) in [4.78, 5) is 61.7. The van der Waals surface area contributed by atoms with Crippen LogP contribution >= 0.6 is 12.6 Å². The van der Waals surface area contributed by atoms with Crippen molar-refractivity contribution in [3.63, 3.8) is 0 Å². The first-order chi connectivity index (χ1) is 16.1. The third-order valence-corrected chi connectivity index (χ3v) is 5.34. The normalized spacial score (nSPS) is 13.5. The molecule has 1 heterocycles. The van der Waals surface area contributed by atoms with Crippen molar-refractivity contribution in [3.05, 3.63) is 36.0 Å². The van der Waals surface area contributed by atoms with E-state index in [0.717, 1.165) is 16.5 Å². The Hall–Kier alpha value is -3.58. The van der Waals surface area contributed by atoms with E-state index in [0.29, 0.717) is 0 Å². The molecule has 3 amide bonds. The molecule has 0 spiro atoms. The zero-order chi connectivity index (χ0) is 25.3. The van der Waals surface area contributed by atoms with Gasteiger partial charge >= 0.3 is 11.9 Å². The molecule has 34 heavy (non-hydrogen) atoms. The third-order valence-electron chi connectivity index (χ3n) is 4.97. The molecule has 0 aliphatic carbocycles. The maximum atomic E-state index is 12.5. The smallest absolute Gasteiger partial charge is 0.326 e. The number of carbonyl (C=O) groups is 5. The van der Waals surface area contributed by atoms with Crippen molar-refractivity contribution in [1.82, 2.24) is 20.9 Å². The largest absolute Gasteiger partial charge is 0.481 e. The van der Waals surface area contributed by atoms with Gasteiger partial charge in [-0.25, -0.2) is 4.79 Å². The van der Waals surface area contributed by atoms with E-state index in [9.17, 15) is 24.0 Å². The summed E-state index contributed by atoms with van der Waals surface area (Å²) in [7, 11) is 0. The topological polar surface area (TPSA) is 204 Å². The van der Waals surface area contributed by atoms with E-state index < -0.39 is 60.8 Å². The van der Waals surface area contributed by atoms with Crippen LogP contribution in [0.3, 0.4) is 0 Å². The first kappa shape index (κ1) is 26.7. The molecule has 3 atom stereocenters. The van der Waals surface area contributed by atoms with Crippen LogP contribution in [0.15, 0.2) is 30.5 Å². The molecule has 0 saturated heterocycles. The van der Waals surface area contributed by atoms with E-state index in [-0.39, 0.29) is 18.6 Å². The van der Waals surface area contributed by atoms with Gasteiger partial charge in [-0.05, 0) is 24.5 Å². The Morgan fingerprint density at radius 1 is 1.03 bits per heavy atom. The van der Waals surface area contributed by atoms with Gasteiger partial charge in [0.25, 0.3) is 0 Å². The zero-order valence-corrected chi connectivity index (χ0v) is 19.0. The van der Waals surface area contributed by atoms with Crippen LogP contribution in [0.1, 0.15) is 18.4 Å². The summed E-state index contributed by atoms with van der Waals surface area (Å²) in [5.41, 5.74) is 7.77. The minimum Gasteiger partial charge on any atom is -0.481 e. The number of para-hydroxylation sites is 1. The summed E-state index contributed by atoms with van der Waals surface area (Å²) in [6.07, 6.45) is 1.23. The van der Waals surface area contributed by atoms with Gasteiger partial charge in [-0.15, -0.1) is 0 Å². The number of carboxylic acids is 2. The molecule has 1 aromatic heterocycles. The number of aromatic amines is 1. The van der Waals surface area contributed by atoms with Gasteiger partial charge in [-0.2, -0.15) is 12.6 Å². The van der Waals surface area contributed by atoms with E-state index in [1.807, 2.05) is 24.3 Å². The second kappa shape index (κ2) is 12.6. The first-order valence-corrected chi connectivity index (χ1v) is 11.0. The number of nitrogens with two attached hydrogens (primary N) is 1. The SMILES string of the molecule is NC(Cc1c[nH]c2ccccc12)C(=O)NC(CS)C(=O)NCC(=O)NC(CCC(=O)O)C(=O)O. The fraction of sp³-hybridized carbons (Fsp3) is 0.381. The van der Waals surface area contributed by atoms with Gasteiger partial charge in [0.1, 0.15) is 12.1 Å².